The molecule has 35 heavy (non-hydrogen) atoms. The predicted molar refractivity (Wildman–Crippen MR) is 126 cm³/mol. The first-order valence-corrected chi connectivity index (χ1v) is 11.1. The Morgan fingerprint density at radius 1 is 1.09 bits per heavy atom. The topological polar surface area (TPSA) is 80.0 Å². The van der Waals surface area contributed by atoms with Gasteiger partial charge in [-0.15, -0.1) is 0 Å². The Bertz CT molecular complexity index is 1370. The minimum atomic E-state index is -1.30. The van der Waals surface area contributed by atoms with Crippen molar-refractivity contribution in [3.05, 3.63) is 87.9 Å². The number of Topliss-reactive ketones (excluding diaryl/α,β-unsaturated/α-hetero) is 1. The molecular formula is C27H25F2NO5. The van der Waals surface area contributed by atoms with Crippen molar-refractivity contribution in [3.63, 3.8) is 0 Å². The van der Waals surface area contributed by atoms with Crippen LogP contribution >= 0.6 is 0 Å². The number of ketones is 1. The molecule has 1 aliphatic heterocycles. The molecule has 1 unspecified atom stereocenters. The molecule has 182 valence electrons. The monoisotopic (exact) mass is 481 g/mol. The van der Waals surface area contributed by atoms with E-state index in [9.17, 15) is 23.5 Å². The fraction of sp³-hybridized carbons (Fsp3) is 0.259. The number of carbonyl (C=O) groups excluding carboxylic acids is 2. The number of furan rings is 1. The van der Waals surface area contributed by atoms with Crippen molar-refractivity contribution < 1.29 is 32.6 Å². The van der Waals surface area contributed by atoms with Gasteiger partial charge < -0.3 is 14.3 Å². The maximum absolute atomic E-state index is 14.8. The van der Waals surface area contributed by atoms with Crippen molar-refractivity contribution in [3.8, 4) is 5.75 Å². The minimum absolute atomic E-state index is 0.0319. The number of halogens is 2. The molecule has 6 nitrogen and oxygen atoms in total. The number of methoxy groups -OCH3 is 1. The van der Waals surface area contributed by atoms with Crippen molar-refractivity contribution in [1.29, 1.82) is 0 Å². The van der Waals surface area contributed by atoms with Gasteiger partial charge in [-0.3, -0.25) is 14.5 Å². The molecule has 0 aliphatic carbocycles. The first-order chi connectivity index (χ1) is 16.5. The van der Waals surface area contributed by atoms with Gasteiger partial charge in [0.15, 0.2) is 0 Å². The van der Waals surface area contributed by atoms with E-state index in [1.165, 1.54) is 6.07 Å². The van der Waals surface area contributed by atoms with Crippen molar-refractivity contribution in [1.82, 2.24) is 0 Å². The van der Waals surface area contributed by atoms with Crippen molar-refractivity contribution in [2.75, 3.05) is 12.0 Å². The molecule has 0 bridgehead atoms. The molecule has 1 aliphatic rings. The maximum Gasteiger partial charge on any atom is 0.300 e. The standard InChI is InChI=1S/C27H25F2NO5/c1-13(2)17-12-18(14(3)10-22(17)34-5)25(31)23-24(21-9-6-15(4)35-21)30(27(33)26(23)32)20-11-16(28)7-8-19(20)29/h6-13,24,31H,1-5H3/b25-23+. The van der Waals surface area contributed by atoms with E-state index in [1.54, 1.807) is 39.2 Å². The maximum atomic E-state index is 14.8. The first kappa shape index (κ1) is 24.2. The van der Waals surface area contributed by atoms with Crippen molar-refractivity contribution >= 4 is 23.1 Å². The fourth-order valence-corrected chi connectivity index (χ4v) is 4.35. The van der Waals surface area contributed by atoms with Crippen LogP contribution in [0.1, 0.15) is 54.0 Å². The second-order valence-corrected chi connectivity index (χ2v) is 8.78. The molecule has 0 radical (unpaired) electrons. The van der Waals surface area contributed by atoms with Gasteiger partial charge in [0.25, 0.3) is 11.7 Å². The number of nitrogens with zero attached hydrogens (tertiary/aromatic N) is 1. The molecule has 1 amide bonds. The zero-order valence-corrected chi connectivity index (χ0v) is 20.0. The van der Waals surface area contributed by atoms with Gasteiger partial charge in [0.2, 0.25) is 0 Å². The van der Waals surface area contributed by atoms with Crippen LogP contribution in [0.2, 0.25) is 0 Å². The summed E-state index contributed by atoms with van der Waals surface area (Å²) in [6.07, 6.45) is 0. The number of hydrogen-bond acceptors (Lipinski definition) is 5. The number of benzene rings is 2. The van der Waals surface area contributed by atoms with E-state index in [-0.39, 0.29) is 17.3 Å². The minimum Gasteiger partial charge on any atom is -0.507 e. The lowest BCUT2D eigenvalue weighted by Crippen LogP contribution is -2.30. The predicted octanol–water partition coefficient (Wildman–Crippen LogP) is 5.93. The van der Waals surface area contributed by atoms with Gasteiger partial charge >= 0.3 is 0 Å². The van der Waals surface area contributed by atoms with Crippen LogP contribution in [0.3, 0.4) is 0 Å². The summed E-state index contributed by atoms with van der Waals surface area (Å²) in [5, 5.41) is 11.4. The lowest BCUT2D eigenvalue weighted by molar-refractivity contribution is -0.132. The fourth-order valence-electron chi connectivity index (χ4n) is 4.35. The van der Waals surface area contributed by atoms with Gasteiger partial charge in [-0.05, 0) is 67.3 Å². The summed E-state index contributed by atoms with van der Waals surface area (Å²) < 4.78 is 40.0. The van der Waals surface area contributed by atoms with Crippen LogP contribution in [-0.2, 0) is 9.59 Å². The lowest BCUT2D eigenvalue weighted by Gasteiger charge is -2.24. The average Bonchev–Trinajstić information content (AvgIpc) is 3.35. The molecule has 3 aromatic rings. The Kier molecular flexibility index (Phi) is 6.23. The third kappa shape index (κ3) is 4.09. The van der Waals surface area contributed by atoms with Crippen LogP contribution in [0.4, 0.5) is 14.5 Å². The Morgan fingerprint density at radius 3 is 2.40 bits per heavy atom. The van der Waals surface area contributed by atoms with Gasteiger partial charge in [-0.25, -0.2) is 8.78 Å². The third-order valence-corrected chi connectivity index (χ3v) is 6.10. The van der Waals surface area contributed by atoms with Crippen LogP contribution in [0, 0.1) is 25.5 Å². The van der Waals surface area contributed by atoms with Crippen LogP contribution in [0.5, 0.6) is 5.75 Å². The normalized spacial score (nSPS) is 17.5. The van der Waals surface area contributed by atoms with Crippen molar-refractivity contribution in [2.45, 2.75) is 39.7 Å². The number of hydrogen-bond donors (Lipinski definition) is 1. The molecule has 2 heterocycles. The summed E-state index contributed by atoms with van der Waals surface area (Å²) >= 11 is 0. The molecular weight excluding hydrogens is 456 g/mol. The molecule has 1 N–H and O–H groups in total. The van der Waals surface area contributed by atoms with E-state index in [1.807, 2.05) is 13.8 Å². The average molecular weight is 481 g/mol. The molecule has 1 aromatic heterocycles. The molecule has 2 aromatic carbocycles. The molecule has 4 rings (SSSR count). The number of rotatable bonds is 5. The SMILES string of the molecule is COc1cc(C)c(/C(O)=C2\C(=O)C(=O)N(c3cc(F)ccc3F)C2c2ccc(C)o2)cc1C(C)C. The van der Waals surface area contributed by atoms with Crippen LogP contribution < -0.4 is 9.64 Å². The van der Waals surface area contributed by atoms with Gasteiger partial charge in [0.1, 0.15) is 40.7 Å². The number of amides is 1. The third-order valence-electron chi connectivity index (χ3n) is 6.10. The first-order valence-electron chi connectivity index (χ1n) is 11.1. The Hall–Kier alpha value is -3.94. The van der Waals surface area contributed by atoms with E-state index < -0.39 is 40.8 Å². The Labute approximate surface area is 201 Å². The summed E-state index contributed by atoms with van der Waals surface area (Å²) in [5.41, 5.74) is 0.993. The largest absolute Gasteiger partial charge is 0.507 e. The zero-order chi connectivity index (χ0) is 25.6. The Morgan fingerprint density at radius 2 is 1.80 bits per heavy atom. The molecule has 1 atom stereocenters. The molecule has 1 fully saturated rings. The number of aliphatic hydroxyl groups is 1. The van der Waals surface area contributed by atoms with Crippen LogP contribution in [0.15, 0.2) is 52.5 Å². The summed E-state index contributed by atoms with van der Waals surface area (Å²) in [7, 11) is 1.54. The highest BCUT2D eigenvalue weighted by Crippen LogP contribution is 2.44. The van der Waals surface area contributed by atoms with E-state index in [4.69, 9.17) is 9.15 Å². The second-order valence-electron chi connectivity index (χ2n) is 8.78. The van der Waals surface area contributed by atoms with E-state index in [0.717, 1.165) is 28.7 Å². The lowest BCUT2D eigenvalue weighted by atomic mass is 9.92. The molecule has 1 saturated heterocycles. The molecule has 8 heteroatoms. The van der Waals surface area contributed by atoms with Gasteiger partial charge in [0.05, 0.1) is 18.4 Å². The number of aryl methyl sites for hydroxylation is 2. The smallest absolute Gasteiger partial charge is 0.300 e. The second kappa shape index (κ2) is 9.02. The number of carbonyl (C=O) groups is 2. The quantitative estimate of drug-likeness (QED) is 0.277. The zero-order valence-electron chi connectivity index (χ0n) is 20.0. The van der Waals surface area contributed by atoms with Gasteiger partial charge in [-0.1, -0.05) is 13.8 Å². The Balaban J connectivity index is 2.00. The van der Waals surface area contributed by atoms with Gasteiger partial charge in [-0.2, -0.15) is 0 Å². The van der Waals surface area contributed by atoms with Crippen LogP contribution in [-0.4, -0.2) is 23.9 Å². The highest BCUT2D eigenvalue weighted by atomic mass is 19.1. The van der Waals surface area contributed by atoms with Crippen molar-refractivity contribution in [2.24, 2.45) is 0 Å². The highest BCUT2D eigenvalue weighted by Gasteiger charge is 2.49. The number of ether oxygens (including phenoxy) is 1. The van der Waals surface area contributed by atoms with E-state index >= 15 is 0 Å². The van der Waals surface area contributed by atoms with E-state index in [2.05, 4.69) is 0 Å². The summed E-state index contributed by atoms with van der Waals surface area (Å²) in [6, 6.07) is 7.90. The highest BCUT2D eigenvalue weighted by molar-refractivity contribution is 6.51. The number of aliphatic hydroxyl groups excluding tert-OH is 1. The van der Waals surface area contributed by atoms with Gasteiger partial charge in [0, 0.05) is 11.6 Å². The summed E-state index contributed by atoms with van der Waals surface area (Å²) in [6.45, 7) is 7.31. The molecule has 0 spiro atoms. The summed E-state index contributed by atoms with van der Waals surface area (Å²) in [5.74, 6) is -3.01. The summed E-state index contributed by atoms with van der Waals surface area (Å²) in [4.78, 5) is 27.2. The van der Waals surface area contributed by atoms with Crippen LogP contribution in [0.25, 0.3) is 5.76 Å². The molecule has 0 saturated carbocycles. The van der Waals surface area contributed by atoms with E-state index in [0.29, 0.717) is 22.6 Å². The number of anilines is 1.